The van der Waals surface area contributed by atoms with Crippen LogP contribution in [0.2, 0.25) is 0 Å². The number of carboxylic acids is 2. The van der Waals surface area contributed by atoms with Crippen molar-refractivity contribution in [3.8, 4) is 0 Å². The van der Waals surface area contributed by atoms with Crippen LogP contribution in [0.1, 0.15) is 51.0 Å². The first-order chi connectivity index (χ1) is 12.5. The second kappa shape index (κ2) is 9.91. The zero-order valence-corrected chi connectivity index (χ0v) is 14.8. The number of aromatic nitrogens is 2. The van der Waals surface area contributed by atoms with Gasteiger partial charge in [-0.25, -0.2) is 14.3 Å². The first kappa shape index (κ1) is 19.9. The summed E-state index contributed by atoms with van der Waals surface area (Å²) in [5.74, 6) is -2.70. The average Bonchev–Trinajstić information content (AvgIpc) is 3.27. The fraction of sp³-hybridized carbons (Fsp3) is 0.647. The van der Waals surface area contributed by atoms with Gasteiger partial charge in [0, 0.05) is 6.07 Å². The predicted molar refractivity (Wildman–Crippen MR) is 93.9 cm³/mol. The van der Waals surface area contributed by atoms with Crippen molar-refractivity contribution in [2.24, 2.45) is 0 Å². The number of anilines is 1. The van der Waals surface area contributed by atoms with Crippen LogP contribution in [0.25, 0.3) is 0 Å². The van der Waals surface area contributed by atoms with Gasteiger partial charge < -0.3 is 15.5 Å². The second-order valence-corrected chi connectivity index (χ2v) is 6.59. The van der Waals surface area contributed by atoms with E-state index in [1.54, 1.807) is 6.20 Å². The summed E-state index contributed by atoms with van der Waals surface area (Å²) < 4.78 is 2.00. The summed E-state index contributed by atoms with van der Waals surface area (Å²) in [4.78, 5) is 32.6. The fourth-order valence-corrected chi connectivity index (χ4v) is 3.36. The number of nitrogens with one attached hydrogen (secondary N) is 1. The fourth-order valence-electron chi connectivity index (χ4n) is 3.36. The van der Waals surface area contributed by atoms with Gasteiger partial charge in [0.05, 0.1) is 18.8 Å². The first-order valence-corrected chi connectivity index (χ1v) is 8.99. The van der Waals surface area contributed by atoms with E-state index in [0.717, 1.165) is 18.9 Å². The van der Waals surface area contributed by atoms with Crippen LogP contribution >= 0.6 is 0 Å². The van der Waals surface area contributed by atoms with Gasteiger partial charge in [0.2, 0.25) is 5.91 Å². The third-order valence-electron chi connectivity index (χ3n) is 4.61. The number of piperidine rings is 1. The molecule has 2 heterocycles. The van der Waals surface area contributed by atoms with Crippen molar-refractivity contribution in [1.82, 2.24) is 14.7 Å². The number of hydrogen-bond acceptors (Lipinski definition) is 5. The Labute approximate surface area is 152 Å². The molecule has 3 rings (SSSR count). The maximum atomic E-state index is 12.2. The van der Waals surface area contributed by atoms with Crippen LogP contribution in [0.15, 0.2) is 12.3 Å². The number of carbonyl (C=O) groups is 3. The number of aliphatic carboxylic acids is 2. The summed E-state index contributed by atoms with van der Waals surface area (Å²) in [6.07, 6.45) is 10.4. The molecule has 1 aromatic rings. The molecule has 0 atom stereocenters. The molecule has 0 bridgehead atoms. The monoisotopic (exact) mass is 366 g/mol. The Bertz CT molecular complexity index is 606. The van der Waals surface area contributed by atoms with Gasteiger partial charge >= 0.3 is 11.9 Å². The number of carboxylic acid groups (broad SMARTS) is 2. The number of rotatable bonds is 4. The Morgan fingerprint density at radius 1 is 1.04 bits per heavy atom. The van der Waals surface area contributed by atoms with E-state index in [4.69, 9.17) is 19.8 Å². The van der Waals surface area contributed by atoms with E-state index in [9.17, 15) is 4.79 Å². The van der Waals surface area contributed by atoms with Crippen LogP contribution in [0, 0.1) is 0 Å². The minimum Gasteiger partial charge on any atom is -0.473 e. The molecule has 9 nitrogen and oxygen atoms in total. The lowest BCUT2D eigenvalue weighted by Gasteiger charge is -2.25. The molecule has 3 N–H and O–H groups in total. The molecule has 26 heavy (non-hydrogen) atoms. The van der Waals surface area contributed by atoms with Gasteiger partial charge in [-0.2, -0.15) is 5.10 Å². The number of likely N-dealkylation sites (tertiary alicyclic amines) is 1. The molecule has 1 amide bonds. The van der Waals surface area contributed by atoms with Crippen LogP contribution in [-0.4, -0.2) is 62.4 Å². The summed E-state index contributed by atoms with van der Waals surface area (Å²) in [5, 5.41) is 22.2. The lowest BCUT2D eigenvalue weighted by Crippen LogP contribution is -2.37. The second-order valence-electron chi connectivity index (χ2n) is 6.59. The third-order valence-corrected chi connectivity index (χ3v) is 4.61. The van der Waals surface area contributed by atoms with E-state index >= 15 is 0 Å². The number of nitrogens with zero attached hydrogens (tertiary/aromatic N) is 3. The highest BCUT2D eigenvalue weighted by Gasteiger charge is 2.21. The van der Waals surface area contributed by atoms with Crippen LogP contribution in [-0.2, 0) is 14.4 Å². The van der Waals surface area contributed by atoms with E-state index in [0.29, 0.717) is 12.6 Å². The maximum absolute atomic E-state index is 12.2. The van der Waals surface area contributed by atoms with E-state index in [-0.39, 0.29) is 5.91 Å². The summed E-state index contributed by atoms with van der Waals surface area (Å²) in [6, 6.07) is 2.38. The van der Waals surface area contributed by atoms with Gasteiger partial charge in [-0.15, -0.1) is 0 Å². The summed E-state index contributed by atoms with van der Waals surface area (Å²) in [6.45, 7) is 2.61. The average molecular weight is 366 g/mol. The summed E-state index contributed by atoms with van der Waals surface area (Å²) in [5.41, 5.74) is 0. The minimum absolute atomic E-state index is 0.0895. The van der Waals surface area contributed by atoms with Crippen molar-refractivity contribution in [2.45, 2.75) is 51.0 Å². The van der Waals surface area contributed by atoms with E-state index in [1.165, 1.54) is 44.9 Å². The Morgan fingerprint density at radius 2 is 1.65 bits per heavy atom. The lowest BCUT2D eigenvalue weighted by molar-refractivity contribution is -0.159. The topological polar surface area (TPSA) is 125 Å². The molecule has 144 valence electrons. The molecule has 1 aromatic heterocycles. The Hall–Kier alpha value is -2.42. The predicted octanol–water partition coefficient (Wildman–Crippen LogP) is 1.58. The molecule has 1 aliphatic carbocycles. The van der Waals surface area contributed by atoms with Gasteiger partial charge in [-0.1, -0.05) is 19.3 Å². The summed E-state index contributed by atoms with van der Waals surface area (Å²) >= 11 is 0. The highest BCUT2D eigenvalue weighted by Crippen LogP contribution is 2.31. The maximum Gasteiger partial charge on any atom is 0.414 e. The number of amides is 1. The molecule has 1 saturated heterocycles. The molecule has 9 heteroatoms. The zero-order valence-electron chi connectivity index (χ0n) is 14.8. The van der Waals surface area contributed by atoms with Crippen molar-refractivity contribution in [3.05, 3.63) is 12.3 Å². The van der Waals surface area contributed by atoms with Crippen molar-refractivity contribution >= 4 is 23.7 Å². The van der Waals surface area contributed by atoms with E-state index < -0.39 is 11.9 Å². The van der Waals surface area contributed by atoms with Crippen LogP contribution < -0.4 is 5.32 Å². The van der Waals surface area contributed by atoms with Gasteiger partial charge in [-0.05, 0) is 38.8 Å². The zero-order chi connectivity index (χ0) is 18.9. The molecular weight excluding hydrogens is 340 g/mol. The first-order valence-electron chi connectivity index (χ1n) is 8.99. The highest BCUT2D eigenvalue weighted by atomic mass is 16.4. The molecule has 0 radical (unpaired) electrons. The number of hydrogen-bond donors (Lipinski definition) is 3. The normalized spacial score (nSPS) is 18.0. The molecule has 0 unspecified atom stereocenters. The third kappa shape index (κ3) is 6.14. The SMILES string of the molecule is O=C(CN1CCCCC1)Nc1ccnn1C1CCCC1.O=C(O)C(=O)O. The van der Waals surface area contributed by atoms with Crippen molar-refractivity contribution < 1.29 is 24.6 Å². The van der Waals surface area contributed by atoms with Crippen molar-refractivity contribution in [3.63, 3.8) is 0 Å². The van der Waals surface area contributed by atoms with Crippen LogP contribution in [0.3, 0.4) is 0 Å². The Morgan fingerprint density at radius 3 is 2.23 bits per heavy atom. The molecule has 1 aliphatic heterocycles. The Balaban J connectivity index is 0.000000352. The molecule has 1 saturated carbocycles. The van der Waals surface area contributed by atoms with Gasteiger partial charge in [0.15, 0.2) is 0 Å². The van der Waals surface area contributed by atoms with Crippen molar-refractivity contribution in [1.29, 1.82) is 0 Å². The van der Waals surface area contributed by atoms with Gasteiger partial charge in [0.1, 0.15) is 5.82 Å². The molecule has 2 aliphatic rings. The number of carbonyl (C=O) groups excluding carboxylic acids is 1. The molecular formula is C17H26N4O5. The van der Waals surface area contributed by atoms with E-state index in [2.05, 4.69) is 15.3 Å². The lowest BCUT2D eigenvalue weighted by atomic mass is 10.1. The molecule has 0 spiro atoms. The smallest absolute Gasteiger partial charge is 0.414 e. The van der Waals surface area contributed by atoms with Crippen LogP contribution in [0.4, 0.5) is 5.82 Å². The largest absolute Gasteiger partial charge is 0.473 e. The van der Waals surface area contributed by atoms with Crippen LogP contribution in [0.5, 0.6) is 0 Å². The molecule has 0 aromatic carbocycles. The van der Waals surface area contributed by atoms with Gasteiger partial charge in [-0.3, -0.25) is 9.69 Å². The van der Waals surface area contributed by atoms with Gasteiger partial charge in [0.25, 0.3) is 0 Å². The standard InChI is InChI=1S/C15H24N4O.C2H2O4/c20-15(12-18-10-4-1-5-11-18)17-14-8-9-16-19(14)13-6-2-3-7-13;3-1(4)2(5)6/h8-9,13H,1-7,10-12H2,(H,17,20);(H,3,4)(H,5,6). The highest BCUT2D eigenvalue weighted by molar-refractivity contribution is 6.27. The minimum atomic E-state index is -1.82. The molecule has 2 fully saturated rings. The quantitative estimate of drug-likeness (QED) is 0.691. The van der Waals surface area contributed by atoms with Crippen molar-refractivity contribution in [2.75, 3.05) is 25.0 Å². The summed E-state index contributed by atoms with van der Waals surface area (Å²) in [7, 11) is 0. The Kier molecular flexibility index (Phi) is 7.58. The van der Waals surface area contributed by atoms with E-state index in [1.807, 2.05) is 10.7 Å².